The summed E-state index contributed by atoms with van der Waals surface area (Å²) in [6.45, 7) is 4.52. The molecule has 0 aliphatic carbocycles. The molecule has 2 heterocycles. The highest BCUT2D eigenvalue weighted by Gasteiger charge is 2.26. The molecule has 8 heteroatoms. The van der Waals surface area contributed by atoms with E-state index in [0.29, 0.717) is 17.1 Å². The topological polar surface area (TPSA) is 51.0 Å². The molecule has 1 fully saturated rings. The second-order valence-electron chi connectivity index (χ2n) is 9.32. The lowest BCUT2D eigenvalue weighted by molar-refractivity contribution is 0.108. The summed E-state index contributed by atoms with van der Waals surface area (Å²) in [6, 6.07) is 16.9. The number of hydrogen-bond acceptors (Lipinski definition) is 6. The van der Waals surface area contributed by atoms with Gasteiger partial charge in [-0.15, -0.1) is 0 Å². The minimum absolute atomic E-state index is 0.0446. The van der Waals surface area contributed by atoms with Gasteiger partial charge in [-0.25, -0.2) is 8.78 Å². The highest BCUT2D eigenvalue weighted by Crippen LogP contribution is 2.34. The third-order valence-corrected chi connectivity index (χ3v) is 7.08. The van der Waals surface area contributed by atoms with Crippen molar-refractivity contribution in [2.45, 2.75) is 18.9 Å². The van der Waals surface area contributed by atoms with Crippen LogP contribution in [0.4, 0.5) is 8.78 Å². The van der Waals surface area contributed by atoms with Crippen molar-refractivity contribution in [1.29, 1.82) is 0 Å². The van der Waals surface area contributed by atoms with Crippen molar-refractivity contribution in [3.63, 3.8) is 0 Å². The second kappa shape index (κ2) is 11.3. The molecule has 0 bridgehead atoms. The standard InChI is InChI=1S/C29H31F2N3O3/c1-35-27-18-24-25(32-37-26(24)19-28(27)36-2)4-3-13-33-14-16-34(17-15-33)29(20-5-9-22(30)10-6-20)21-7-11-23(31)12-8-21/h5-12,18-19,29H,3-4,13-17H2,1-2H3. The average Bonchev–Trinajstić information content (AvgIpc) is 3.32. The van der Waals surface area contributed by atoms with E-state index in [9.17, 15) is 8.78 Å². The summed E-state index contributed by atoms with van der Waals surface area (Å²) in [5.41, 5.74) is 3.62. The predicted octanol–water partition coefficient (Wildman–Crippen LogP) is 5.46. The number of nitrogens with zero attached hydrogens (tertiary/aromatic N) is 3. The van der Waals surface area contributed by atoms with Crippen LogP contribution >= 0.6 is 0 Å². The number of rotatable bonds is 9. The van der Waals surface area contributed by atoms with Gasteiger partial charge in [0.25, 0.3) is 0 Å². The summed E-state index contributed by atoms with van der Waals surface area (Å²) >= 11 is 0. The van der Waals surface area contributed by atoms with E-state index >= 15 is 0 Å². The van der Waals surface area contributed by atoms with Crippen molar-refractivity contribution in [3.05, 3.63) is 89.1 Å². The highest BCUT2D eigenvalue weighted by atomic mass is 19.1. The Hall–Kier alpha value is -3.49. The van der Waals surface area contributed by atoms with E-state index in [4.69, 9.17) is 14.0 Å². The third kappa shape index (κ3) is 5.60. The summed E-state index contributed by atoms with van der Waals surface area (Å²) in [5, 5.41) is 5.23. The number of ether oxygens (including phenoxy) is 2. The molecule has 1 saturated heterocycles. The molecule has 1 aromatic heterocycles. The maximum absolute atomic E-state index is 13.6. The highest BCUT2D eigenvalue weighted by molar-refractivity contribution is 5.83. The predicted molar refractivity (Wildman–Crippen MR) is 138 cm³/mol. The fourth-order valence-corrected chi connectivity index (χ4v) is 5.11. The Morgan fingerprint density at radius 2 is 1.41 bits per heavy atom. The minimum atomic E-state index is -0.260. The van der Waals surface area contributed by atoms with Crippen LogP contribution in [0.2, 0.25) is 0 Å². The maximum atomic E-state index is 13.6. The monoisotopic (exact) mass is 507 g/mol. The molecular formula is C29H31F2N3O3. The molecule has 37 heavy (non-hydrogen) atoms. The van der Waals surface area contributed by atoms with Crippen LogP contribution in [0.1, 0.15) is 29.3 Å². The number of benzene rings is 3. The number of methoxy groups -OCH3 is 2. The van der Waals surface area contributed by atoms with Crippen LogP contribution in [0.3, 0.4) is 0 Å². The molecule has 1 aliphatic rings. The number of piperazine rings is 1. The molecule has 0 saturated carbocycles. The van der Waals surface area contributed by atoms with Crippen LogP contribution < -0.4 is 9.47 Å². The summed E-state index contributed by atoms with van der Waals surface area (Å²) in [6.07, 6.45) is 1.76. The van der Waals surface area contributed by atoms with Gasteiger partial charge < -0.3 is 18.9 Å². The SMILES string of the molecule is COc1cc2onc(CCCN3CCN(C(c4ccc(F)cc4)c4ccc(F)cc4)CC3)c2cc1OC. The molecule has 0 spiro atoms. The number of aromatic nitrogens is 1. The molecule has 6 nitrogen and oxygen atoms in total. The van der Waals surface area contributed by atoms with Crippen LogP contribution in [0.5, 0.6) is 11.5 Å². The zero-order chi connectivity index (χ0) is 25.8. The lowest BCUT2D eigenvalue weighted by Gasteiger charge is -2.39. The lowest BCUT2D eigenvalue weighted by Crippen LogP contribution is -2.48. The first-order chi connectivity index (χ1) is 18.1. The molecule has 194 valence electrons. The van der Waals surface area contributed by atoms with Gasteiger partial charge in [-0.2, -0.15) is 0 Å². The van der Waals surface area contributed by atoms with E-state index in [-0.39, 0.29) is 17.7 Å². The minimum Gasteiger partial charge on any atom is -0.493 e. The summed E-state index contributed by atoms with van der Waals surface area (Å²) in [4.78, 5) is 4.84. The van der Waals surface area contributed by atoms with Crippen molar-refractivity contribution < 1.29 is 22.8 Å². The van der Waals surface area contributed by atoms with Crippen LogP contribution in [0, 0.1) is 11.6 Å². The fraction of sp³-hybridized carbons (Fsp3) is 0.345. The molecule has 1 aliphatic heterocycles. The molecule has 0 atom stereocenters. The molecule has 0 radical (unpaired) electrons. The van der Waals surface area contributed by atoms with Crippen molar-refractivity contribution in [3.8, 4) is 11.5 Å². The average molecular weight is 508 g/mol. The second-order valence-corrected chi connectivity index (χ2v) is 9.32. The van der Waals surface area contributed by atoms with Gasteiger partial charge >= 0.3 is 0 Å². The fourth-order valence-electron chi connectivity index (χ4n) is 5.11. The van der Waals surface area contributed by atoms with Crippen LogP contribution in [0.25, 0.3) is 11.0 Å². The largest absolute Gasteiger partial charge is 0.493 e. The first-order valence-corrected chi connectivity index (χ1v) is 12.5. The Kier molecular flexibility index (Phi) is 7.67. The molecule has 0 amide bonds. The molecule has 5 rings (SSSR count). The van der Waals surface area contributed by atoms with Crippen LogP contribution in [-0.2, 0) is 6.42 Å². The van der Waals surface area contributed by atoms with E-state index in [1.54, 1.807) is 14.2 Å². The van der Waals surface area contributed by atoms with Gasteiger partial charge in [0.2, 0.25) is 0 Å². The number of hydrogen-bond donors (Lipinski definition) is 0. The van der Waals surface area contributed by atoms with Crippen molar-refractivity contribution in [1.82, 2.24) is 15.0 Å². The van der Waals surface area contributed by atoms with Crippen molar-refractivity contribution in [2.75, 3.05) is 46.9 Å². The van der Waals surface area contributed by atoms with Gasteiger partial charge in [-0.1, -0.05) is 29.4 Å². The third-order valence-electron chi connectivity index (χ3n) is 7.08. The van der Waals surface area contributed by atoms with E-state index in [2.05, 4.69) is 15.0 Å². The molecule has 3 aromatic carbocycles. The molecule has 0 unspecified atom stereocenters. The normalized spacial score (nSPS) is 14.9. The van der Waals surface area contributed by atoms with Gasteiger partial charge in [0, 0.05) is 37.6 Å². The summed E-state index contributed by atoms with van der Waals surface area (Å²) < 4.78 is 43.5. The van der Waals surface area contributed by atoms with Gasteiger partial charge in [0.1, 0.15) is 11.6 Å². The first kappa shape index (κ1) is 25.2. The van der Waals surface area contributed by atoms with E-state index in [1.807, 2.05) is 36.4 Å². The number of halogens is 2. The zero-order valence-electron chi connectivity index (χ0n) is 21.1. The summed E-state index contributed by atoms with van der Waals surface area (Å²) in [7, 11) is 3.22. The van der Waals surface area contributed by atoms with Gasteiger partial charge in [0.15, 0.2) is 17.1 Å². The van der Waals surface area contributed by atoms with Crippen molar-refractivity contribution >= 4 is 11.0 Å². The molecular weight excluding hydrogens is 476 g/mol. The first-order valence-electron chi connectivity index (χ1n) is 12.5. The van der Waals surface area contributed by atoms with Crippen molar-refractivity contribution in [2.24, 2.45) is 0 Å². The number of fused-ring (bicyclic) bond motifs is 1. The summed E-state index contributed by atoms with van der Waals surface area (Å²) in [5.74, 6) is 0.760. The number of aryl methyl sites for hydroxylation is 1. The van der Waals surface area contributed by atoms with E-state index < -0.39 is 0 Å². The maximum Gasteiger partial charge on any atom is 0.171 e. The Labute approximate surface area is 215 Å². The Balaban J connectivity index is 1.21. The van der Waals surface area contributed by atoms with Gasteiger partial charge in [-0.3, -0.25) is 4.90 Å². The molecule has 0 N–H and O–H groups in total. The van der Waals surface area contributed by atoms with Gasteiger partial charge in [-0.05, 0) is 60.8 Å². The smallest absolute Gasteiger partial charge is 0.171 e. The van der Waals surface area contributed by atoms with E-state index in [1.165, 1.54) is 24.3 Å². The zero-order valence-corrected chi connectivity index (χ0v) is 21.1. The lowest BCUT2D eigenvalue weighted by atomic mass is 9.96. The Bertz CT molecular complexity index is 1270. The Morgan fingerprint density at radius 3 is 1.97 bits per heavy atom. The van der Waals surface area contributed by atoms with Crippen LogP contribution in [0.15, 0.2) is 65.2 Å². The molecule has 4 aromatic rings. The van der Waals surface area contributed by atoms with Crippen LogP contribution in [-0.4, -0.2) is 61.9 Å². The quantitative estimate of drug-likeness (QED) is 0.300. The Morgan fingerprint density at radius 1 is 0.838 bits per heavy atom. The van der Waals surface area contributed by atoms with Gasteiger partial charge in [0.05, 0.1) is 26.0 Å². The van der Waals surface area contributed by atoms with E-state index in [0.717, 1.165) is 67.8 Å².